The van der Waals surface area contributed by atoms with Crippen molar-refractivity contribution in [2.75, 3.05) is 49.4 Å². The van der Waals surface area contributed by atoms with E-state index < -0.39 is 51.7 Å². The van der Waals surface area contributed by atoms with E-state index in [1.165, 1.54) is 24.0 Å². The molecule has 8 aromatic carbocycles. The molecular formula is C100H120F3N7O14S. The average Bonchev–Trinajstić information content (AvgIpc) is 1.53. The second-order valence-electron chi connectivity index (χ2n) is 32.5. The number of carboxylic acid groups (broad SMARTS) is 2. The molecular weight excluding hydrogens is 1610 g/mol. The Hall–Kier alpha value is -12.1. The highest BCUT2D eigenvalue weighted by Gasteiger charge is 2.32. The largest absolute Gasteiger partial charge is 0.493 e. The second kappa shape index (κ2) is 48.8. The number of anilines is 2. The number of rotatable bonds is 46. The number of halogens is 3. The van der Waals surface area contributed by atoms with Crippen molar-refractivity contribution in [2.45, 2.75) is 201 Å². The summed E-state index contributed by atoms with van der Waals surface area (Å²) >= 11 is 0. The number of amides is 5. The molecule has 0 spiro atoms. The normalized spacial score (nSPS) is 12.2. The number of para-hydroxylation sites is 1. The minimum Gasteiger partial charge on any atom is -0.493 e. The fourth-order valence-electron chi connectivity index (χ4n) is 14.0. The van der Waals surface area contributed by atoms with Crippen molar-refractivity contribution < 1.29 is 79.3 Å². The molecule has 2 unspecified atom stereocenters. The number of aryl methyl sites for hydroxylation is 4. The Morgan fingerprint density at radius 2 is 1.30 bits per heavy atom. The number of furan rings is 1. The SMILES string of the molecule is CCCNC(=O)C(CCCC(=O)O)N(C/C=C/c1cccc(NS(=O)(=O)c2ccc(CC)cc2)c1)Cc1cccc(-c2ccc(C(F)(F)F)cc2)c1.CCCNC(=O)C(CCCCNC(=O)CCC(=O)O)N(CCCCc1cccc(NC(=O)c2ccco2)c1Oc1ccc(C(C)(C)C)cc1)C(=O)/C=C/c1cccc(OCC(C)C)c1Cc1ccc(C)cc1C. The van der Waals surface area contributed by atoms with Gasteiger partial charge in [-0.15, -0.1) is 0 Å². The lowest BCUT2D eigenvalue weighted by Gasteiger charge is -2.30. The predicted molar refractivity (Wildman–Crippen MR) is 486 cm³/mol. The first-order valence-electron chi connectivity index (χ1n) is 42.9. The zero-order chi connectivity index (χ0) is 90.6. The Kier molecular flexibility index (Phi) is 38.4. The Bertz CT molecular complexity index is 5200. The van der Waals surface area contributed by atoms with Crippen LogP contribution in [0.5, 0.6) is 17.2 Å². The average molecular weight is 1730 g/mol. The topological polar surface area (TPSA) is 292 Å². The van der Waals surface area contributed by atoms with Crippen LogP contribution in [0.3, 0.4) is 0 Å². The molecule has 0 radical (unpaired) electrons. The van der Waals surface area contributed by atoms with Gasteiger partial charge in [0.05, 0.1) is 41.5 Å². The van der Waals surface area contributed by atoms with Crippen LogP contribution in [0.2, 0.25) is 0 Å². The van der Waals surface area contributed by atoms with Crippen LogP contribution in [0.25, 0.3) is 23.3 Å². The molecule has 0 bridgehead atoms. The fourth-order valence-corrected chi connectivity index (χ4v) is 15.1. The summed E-state index contributed by atoms with van der Waals surface area (Å²) in [7, 11) is -3.82. The maximum atomic E-state index is 14.8. The van der Waals surface area contributed by atoms with Crippen LogP contribution in [-0.4, -0.2) is 121 Å². The smallest absolute Gasteiger partial charge is 0.416 e. The second-order valence-corrected chi connectivity index (χ2v) is 34.2. The van der Waals surface area contributed by atoms with E-state index in [0.717, 1.165) is 68.8 Å². The number of carbonyl (C=O) groups excluding carboxylic acids is 5. The summed E-state index contributed by atoms with van der Waals surface area (Å²) in [5.74, 6) is -1.29. The van der Waals surface area contributed by atoms with Gasteiger partial charge in [-0.3, -0.25) is 43.2 Å². The monoisotopic (exact) mass is 1730 g/mol. The molecule has 2 atom stereocenters. The lowest BCUT2D eigenvalue weighted by molar-refractivity contribution is -0.139. The van der Waals surface area contributed by atoms with Gasteiger partial charge in [0.2, 0.25) is 23.6 Å². The van der Waals surface area contributed by atoms with E-state index >= 15 is 0 Å². The number of nitrogens with one attached hydrogen (secondary N) is 5. The molecule has 0 saturated heterocycles. The number of sulfonamides is 1. The number of aliphatic carboxylic acids is 2. The maximum Gasteiger partial charge on any atom is 0.416 e. The molecule has 0 aliphatic heterocycles. The van der Waals surface area contributed by atoms with Gasteiger partial charge in [-0.2, -0.15) is 13.2 Å². The van der Waals surface area contributed by atoms with E-state index in [0.29, 0.717) is 130 Å². The molecule has 9 rings (SSSR count). The molecule has 21 nitrogen and oxygen atoms in total. The van der Waals surface area contributed by atoms with E-state index in [1.54, 1.807) is 83.8 Å². The molecule has 0 saturated carbocycles. The van der Waals surface area contributed by atoms with Gasteiger partial charge in [-0.1, -0.05) is 182 Å². The van der Waals surface area contributed by atoms with Crippen LogP contribution in [-0.2, 0) is 76.2 Å². The molecule has 5 amide bonds. The highest BCUT2D eigenvalue weighted by molar-refractivity contribution is 7.92. The summed E-state index contributed by atoms with van der Waals surface area (Å²) in [5.41, 5.74) is 11.2. The van der Waals surface area contributed by atoms with Crippen molar-refractivity contribution in [3.8, 4) is 28.4 Å². The van der Waals surface area contributed by atoms with Crippen LogP contribution in [0.1, 0.15) is 204 Å². The third kappa shape index (κ3) is 32.2. The van der Waals surface area contributed by atoms with Crippen molar-refractivity contribution in [3.05, 3.63) is 273 Å². The molecule has 666 valence electrons. The number of hydrogen-bond donors (Lipinski definition) is 7. The number of ether oxygens (including phenoxy) is 2. The molecule has 9 aromatic rings. The van der Waals surface area contributed by atoms with Crippen molar-refractivity contribution in [1.82, 2.24) is 25.8 Å². The quantitative estimate of drug-likeness (QED) is 0.0138. The molecule has 125 heavy (non-hydrogen) atoms. The number of benzene rings is 8. The van der Waals surface area contributed by atoms with Crippen LogP contribution >= 0.6 is 0 Å². The lowest BCUT2D eigenvalue weighted by Crippen LogP contribution is -2.49. The summed E-state index contributed by atoms with van der Waals surface area (Å²) < 4.78 is 86.5. The molecule has 0 fully saturated rings. The third-order valence-corrected chi connectivity index (χ3v) is 22.3. The number of carbonyl (C=O) groups is 7. The number of alkyl halides is 3. The van der Waals surface area contributed by atoms with Gasteiger partial charge < -0.3 is 50.3 Å². The summed E-state index contributed by atoms with van der Waals surface area (Å²) in [4.78, 5) is 94.1. The van der Waals surface area contributed by atoms with E-state index in [9.17, 15) is 60.3 Å². The van der Waals surface area contributed by atoms with Gasteiger partial charge >= 0.3 is 18.1 Å². The van der Waals surface area contributed by atoms with Gasteiger partial charge in [0, 0.05) is 75.9 Å². The Labute approximate surface area is 733 Å². The van der Waals surface area contributed by atoms with E-state index in [-0.39, 0.29) is 91.4 Å². The van der Waals surface area contributed by atoms with Gasteiger partial charge in [-0.25, -0.2) is 8.42 Å². The molecule has 25 heteroatoms. The zero-order valence-corrected chi connectivity index (χ0v) is 74.1. The minimum absolute atomic E-state index is 0.0570. The number of hydrogen-bond acceptors (Lipinski definition) is 13. The lowest BCUT2D eigenvalue weighted by atomic mass is 9.87. The van der Waals surface area contributed by atoms with Crippen molar-refractivity contribution in [2.24, 2.45) is 5.92 Å². The highest BCUT2D eigenvalue weighted by Crippen LogP contribution is 2.38. The fraction of sp³-hybridized carbons (Fsp3) is 0.370. The standard InChI is InChI=1S/C60H76N4O9.C40H44F3N3O5S/c1-9-34-62-58(69)51(21-10-12-35-61-54(65)31-33-56(67)68)64(55(66)32-26-44-18-15-22-52(72-40-41(2)3)49(44)39-46-25-24-42(4)38-43(46)5)36-13-11-17-45-19-14-20-50(63-59(70)53-23-16-37-71-53)57(45)73-48-29-27-47(28-30-48)60(6,7)8;1-3-24-44-39(49)37(14-7-15-38(47)48)46(28-31-10-5-12-33(26-31)32-18-20-34(21-19-32)40(41,42)43)25-8-11-30-9-6-13-35(27-30)45-52(50,51)36-22-16-29(4-2)17-23-36/h14-16,18-20,22-30,32,37-38,41,51H,9-13,17,21,31,33-36,39-40H2,1-8H3,(H,61,65)(H,62,69)(H,63,70)(H,67,68);5-6,8-13,16-23,26-27,37,45H,3-4,7,14-15,24-25,28H2,1-2H3,(H,44,49)(H,47,48)/b32-26+;11-8+. The summed E-state index contributed by atoms with van der Waals surface area (Å²) in [6.45, 7) is 23.3. The van der Waals surface area contributed by atoms with Crippen LogP contribution in [0.4, 0.5) is 24.5 Å². The highest BCUT2D eigenvalue weighted by atomic mass is 32.2. The van der Waals surface area contributed by atoms with E-state index in [1.807, 2.05) is 117 Å². The van der Waals surface area contributed by atoms with Gasteiger partial charge in [0.15, 0.2) is 11.5 Å². The maximum absolute atomic E-state index is 14.8. The first-order valence-corrected chi connectivity index (χ1v) is 44.4. The van der Waals surface area contributed by atoms with Crippen LogP contribution in [0, 0.1) is 19.8 Å². The number of nitrogens with zero attached hydrogens (tertiary/aromatic N) is 2. The van der Waals surface area contributed by atoms with Gasteiger partial charge in [0.1, 0.15) is 17.5 Å². The molecule has 7 N–H and O–H groups in total. The molecule has 1 aromatic heterocycles. The number of unbranched alkanes of at least 4 members (excludes halogenated alkanes) is 2. The van der Waals surface area contributed by atoms with Gasteiger partial charge in [-0.05, 0) is 236 Å². The number of carboxylic acids is 2. The summed E-state index contributed by atoms with van der Waals surface area (Å²) in [6, 6.07) is 53.4. The Morgan fingerprint density at radius 3 is 1.95 bits per heavy atom. The summed E-state index contributed by atoms with van der Waals surface area (Å²) in [5, 5.41) is 30.0. The minimum atomic E-state index is -4.45. The van der Waals surface area contributed by atoms with Crippen molar-refractivity contribution in [1.29, 1.82) is 0 Å². The van der Waals surface area contributed by atoms with Crippen molar-refractivity contribution >= 4 is 75.0 Å². The van der Waals surface area contributed by atoms with E-state index in [2.05, 4.69) is 92.7 Å². The van der Waals surface area contributed by atoms with Crippen LogP contribution < -0.4 is 35.5 Å². The first-order chi connectivity index (χ1) is 59.7. The van der Waals surface area contributed by atoms with Crippen molar-refractivity contribution in [3.63, 3.8) is 0 Å². The molecule has 0 aliphatic rings. The van der Waals surface area contributed by atoms with Gasteiger partial charge in [0.25, 0.3) is 15.9 Å². The first kappa shape index (κ1) is 98.3. The molecule has 1 heterocycles. The summed E-state index contributed by atoms with van der Waals surface area (Å²) in [6.07, 6.45) is 9.95. The predicted octanol–water partition coefficient (Wildman–Crippen LogP) is 20.2. The van der Waals surface area contributed by atoms with Crippen LogP contribution in [0.15, 0.2) is 216 Å². The Balaban J connectivity index is 0.000000328. The zero-order valence-electron chi connectivity index (χ0n) is 73.3. The third-order valence-electron chi connectivity index (χ3n) is 20.9. The van der Waals surface area contributed by atoms with E-state index in [4.69, 9.17) is 19.0 Å². The Morgan fingerprint density at radius 1 is 0.616 bits per heavy atom. The molecule has 0 aliphatic carbocycles.